The first-order chi connectivity index (χ1) is 7.78. The van der Waals surface area contributed by atoms with E-state index in [0.29, 0.717) is 11.9 Å². The van der Waals surface area contributed by atoms with Gasteiger partial charge in [-0.25, -0.2) is 0 Å². The fourth-order valence-corrected chi connectivity index (χ4v) is 2.26. The average Bonchev–Trinajstić information content (AvgIpc) is 2.86. The van der Waals surface area contributed by atoms with E-state index >= 15 is 0 Å². The summed E-state index contributed by atoms with van der Waals surface area (Å²) in [5.74, 6) is 0. The van der Waals surface area contributed by atoms with E-state index < -0.39 is 0 Å². The number of aliphatic imine (C=N–C) groups is 1. The number of nitrogens with zero attached hydrogens (tertiary/aromatic N) is 3. The lowest BCUT2D eigenvalue weighted by atomic mass is 10.5. The molecule has 0 saturated carbocycles. The first-order valence-corrected chi connectivity index (χ1v) is 6.15. The van der Waals surface area contributed by atoms with Gasteiger partial charge in [0.1, 0.15) is 0 Å². The van der Waals surface area contributed by atoms with Crippen molar-refractivity contribution in [2.45, 2.75) is 18.7 Å². The molecule has 2 rings (SSSR count). The number of ether oxygens (including phenoxy) is 1. The Morgan fingerprint density at radius 1 is 1.69 bits per heavy atom. The molecular weight excluding hydrogens is 224 g/mol. The number of methoxy groups -OCH3 is 1. The predicted octanol–water partition coefficient (Wildman–Crippen LogP) is 1.43. The van der Waals surface area contributed by atoms with Crippen LogP contribution in [0.25, 0.3) is 0 Å². The summed E-state index contributed by atoms with van der Waals surface area (Å²) in [6.45, 7) is 4.51. The number of anilines is 1. The molecule has 1 N–H and O–H groups in total. The molecule has 2 heterocycles. The van der Waals surface area contributed by atoms with Crippen LogP contribution in [0, 0.1) is 0 Å². The monoisotopic (exact) mass is 240 g/mol. The van der Waals surface area contributed by atoms with Crippen LogP contribution in [0.5, 0.6) is 0 Å². The standard InChI is InChI=1S/C10H16N4OS/c1-8-5-11-10(16-8)13-9-6-12-14(7-9)3-4-15-2/h6-8H,3-5H2,1-2H3,(H,11,13). The van der Waals surface area contributed by atoms with E-state index in [-0.39, 0.29) is 0 Å². The maximum absolute atomic E-state index is 4.99. The van der Waals surface area contributed by atoms with Crippen molar-refractivity contribution >= 4 is 22.6 Å². The predicted molar refractivity (Wildman–Crippen MR) is 67.1 cm³/mol. The number of thioether (sulfide) groups is 1. The zero-order valence-corrected chi connectivity index (χ0v) is 10.3. The van der Waals surface area contributed by atoms with Crippen LogP contribution in [0.15, 0.2) is 17.4 Å². The second-order valence-electron chi connectivity index (χ2n) is 3.68. The van der Waals surface area contributed by atoms with Gasteiger partial charge in [-0.15, -0.1) is 0 Å². The van der Waals surface area contributed by atoms with Crippen molar-refractivity contribution in [2.24, 2.45) is 4.99 Å². The Labute approximate surface area is 99.3 Å². The number of amidine groups is 1. The van der Waals surface area contributed by atoms with Gasteiger partial charge >= 0.3 is 0 Å². The van der Waals surface area contributed by atoms with E-state index in [4.69, 9.17) is 4.74 Å². The van der Waals surface area contributed by atoms with Gasteiger partial charge in [0.05, 0.1) is 31.6 Å². The highest BCUT2D eigenvalue weighted by atomic mass is 32.2. The van der Waals surface area contributed by atoms with Gasteiger partial charge < -0.3 is 10.1 Å². The van der Waals surface area contributed by atoms with Gasteiger partial charge in [0, 0.05) is 18.6 Å². The van der Waals surface area contributed by atoms with E-state index in [1.165, 1.54) is 0 Å². The molecule has 1 atom stereocenters. The Bertz CT molecular complexity index is 377. The van der Waals surface area contributed by atoms with Crippen molar-refractivity contribution in [3.05, 3.63) is 12.4 Å². The molecule has 5 nitrogen and oxygen atoms in total. The van der Waals surface area contributed by atoms with Gasteiger partial charge in [0.15, 0.2) is 5.17 Å². The summed E-state index contributed by atoms with van der Waals surface area (Å²) >= 11 is 1.76. The fourth-order valence-electron chi connectivity index (χ4n) is 1.40. The molecule has 1 unspecified atom stereocenters. The minimum Gasteiger partial charge on any atom is -0.383 e. The summed E-state index contributed by atoms with van der Waals surface area (Å²) in [5, 5.41) is 9.04. The third-order valence-electron chi connectivity index (χ3n) is 2.21. The molecule has 1 aromatic rings. The van der Waals surface area contributed by atoms with Crippen LogP contribution >= 0.6 is 11.8 Å². The Morgan fingerprint density at radius 2 is 2.56 bits per heavy atom. The third kappa shape index (κ3) is 2.99. The summed E-state index contributed by atoms with van der Waals surface area (Å²) in [6.07, 6.45) is 3.77. The minimum atomic E-state index is 0.575. The minimum absolute atomic E-state index is 0.575. The van der Waals surface area contributed by atoms with Crippen LogP contribution in [0.4, 0.5) is 5.69 Å². The molecule has 16 heavy (non-hydrogen) atoms. The molecule has 0 fully saturated rings. The first kappa shape index (κ1) is 11.5. The number of hydrogen-bond acceptors (Lipinski definition) is 5. The quantitative estimate of drug-likeness (QED) is 0.865. The molecule has 1 aliphatic rings. The van der Waals surface area contributed by atoms with Gasteiger partial charge in [-0.05, 0) is 0 Å². The lowest BCUT2D eigenvalue weighted by Gasteiger charge is -2.02. The molecule has 88 valence electrons. The number of hydrogen-bond donors (Lipinski definition) is 1. The van der Waals surface area contributed by atoms with Crippen LogP contribution in [0.2, 0.25) is 0 Å². The highest BCUT2D eigenvalue weighted by molar-refractivity contribution is 8.15. The SMILES string of the molecule is COCCn1cc(NC2=NCC(C)S2)cn1. The third-order valence-corrected chi connectivity index (χ3v) is 3.22. The summed E-state index contributed by atoms with van der Waals surface area (Å²) in [7, 11) is 1.69. The Kier molecular flexibility index (Phi) is 3.84. The van der Waals surface area contributed by atoms with Crippen LogP contribution in [-0.2, 0) is 11.3 Å². The highest BCUT2D eigenvalue weighted by Crippen LogP contribution is 2.21. The maximum Gasteiger partial charge on any atom is 0.161 e. The molecule has 6 heteroatoms. The average molecular weight is 240 g/mol. The summed E-state index contributed by atoms with van der Waals surface area (Å²) in [5.41, 5.74) is 0.983. The molecule has 0 saturated heterocycles. The van der Waals surface area contributed by atoms with E-state index in [1.807, 2.05) is 17.1 Å². The fraction of sp³-hybridized carbons (Fsp3) is 0.600. The van der Waals surface area contributed by atoms with Crippen LogP contribution in [-0.4, -0.2) is 40.5 Å². The molecule has 0 aromatic carbocycles. The Hall–Kier alpha value is -1.01. The number of aromatic nitrogens is 2. The smallest absolute Gasteiger partial charge is 0.161 e. The van der Waals surface area contributed by atoms with E-state index in [1.54, 1.807) is 18.9 Å². The molecule has 0 bridgehead atoms. The van der Waals surface area contributed by atoms with Crippen molar-refractivity contribution in [2.75, 3.05) is 25.6 Å². The molecule has 1 aromatic heterocycles. The Balaban J connectivity index is 1.87. The first-order valence-electron chi connectivity index (χ1n) is 5.27. The zero-order valence-electron chi connectivity index (χ0n) is 9.51. The summed E-state index contributed by atoms with van der Waals surface area (Å²) in [4.78, 5) is 4.39. The van der Waals surface area contributed by atoms with Crippen molar-refractivity contribution in [3.63, 3.8) is 0 Å². The Morgan fingerprint density at radius 3 is 3.25 bits per heavy atom. The second-order valence-corrected chi connectivity index (χ2v) is 5.11. The van der Waals surface area contributed by atoms with E-state index in [0.717, 1.165) is 23.9 Å². The number of nitrogens with one attached hydrogen (secondary N) is 1. The van der Waals surface area contributed by atoms with Gasteiger partial charge in [-0.2, -0.15) is 5.10 Å². The van der Waals surface area contributed by atoms with Crippen molar-refractivity contribution < 1.29 is 4.74 Å². The molecular formula is C10H16N4OS. The molecule has 1 aliphatic heterocycles. The van der Waals surface area contributed by atoms with Gasteiger partial charge in [0.25, 0.3) is 0 Å². The molecule has 0 amide bonds. The van der Waals surface area contributed by atoms with Crippen LogP contribution in [0.3, 0.4) is 0 Å². The van der Waals surface area contributed by atoms with E-state index in [9.17, 15) is 0 Å². The van der Waals surface area contributed by atoms with Gasteiger partial charge in [0.2, 0.25) is 0 Å². The second kappa shape index (κ2) is 5.36. The van der Waals surface area contributed by atoms with Crippen molar-refractivity contribution in [3.8, 4) is 0 Å². The molecule has 0 radical (unpaired) electrons. The van der Waals surface area contributed by atoms with Gasteiger partial charge in [-0.1, -0.05) is 18.7 Å². The zero-order chi connectivity index (χ0) is 11.4. The number of rotatable bonds is 4. The van der Waals surface area contributed by atoms with E-state index in [2.05, 4.69) is 22.3 Å². The van der Waals surface area contributed by atoms with Crippen LogP contribution in [0.1, 0.15) is 6.92 Å². The lowest BCUT2D eigenvalue weighted by Crippen LogP contribution is -2.06. The molecule has 0 aliphatic carbocycles. The van der Waals surface area contributed by atoms with Crippen molar-refractivity contribution in [1.82, 2.24) is 9.78 Å². The molecule has 0 spiro atoms. The van der Waals surface area contributed by atoms with Gasteiger partial charge in [-0.3, -0.25) is 9.67 Å². The summed E-state index contributed by atoms with van der Waals surface area (Å²) in [6, 6.07) is 0. The van der Waals surface area contributed by atoms with Crippen molar-refractivity contribution in [1.29, 1.82) is 0 Å². The topological polar surface area (TPSA) is 51.4 Å². The maximum atomic E-state index is 4.99. The van der Waals surface area contributed by atoms with Crippen LogP contribution < -0.4 is 5.32 Å². The lowest BCUT2D eigenvalue weighted by molar-refractivity contribution is 0.183. The summed E-state index contributed by atoms with van der Waals surface area (Å²) < 4.78 is 6.85. The normalized spacial score (nSPS) is 19.9. The highest BCUT2D eigenvalue weighted by Gasteiger charge is 2.15. The largest absolute Gasteiger partial charge is 0.383 e.